The van der Waals surface area contributed by atoms with Crippen molar-refractivity contribution in [2.75, 3.05) is 20.8 Å². The molecule has 1 aromatic rings. The average molecular weight is 222 g/mol. The van der Waals surface area contributed by atoms with Crippen LogP contribution in [0.3, 0.4) is 0 Å². The molecule has 0 radical (unpaired) electrons. The molecule has 0 aliphatic rings. The highest BCUT2D eigenvalue weighted by Gasteiger charge is 2.01. The van der Waals surface area contributed by atoms with E-state index in [2.05, 4.69) is 4.74 Å². The van der Waals surface area contributed by atoms with E-state index in [1.165, 1.54) is 0 Å². The molecule has 0 fully saturated rings. The fourth-order valence-electron chi connectivity index (χ4n) is 1.24. The van der Waals surface area contributed by atoms with Crippen LogP contribution in [0.2, 0.25) is 0 Å². The van der Waals surface area contributed by atoms with E-state index in [4.69, 9.17) is 9.47 Å². The van der Waals surface area contributed by atoms with E-state index in [1.54, 1.807) is 20.3 Å². The minimum Gasteiger partial charge on any atom is -0.497 e. The van der Waals surface area contributed by atoms with E-state index in [1.807, 2.05) is 24.3 Å². The molecule has 0 N–H and O–H groups in total. The van der Waals surface area contributed by atoms with Gasteiger partial charge in [0.25, 0.3) is 6.47 Å². The molecular weight excluding hydrogens is 208 g/mol. The summed E-state index contributed by atoms with van der Waals surface area (Å²) in [5.41, 5.74) is 0.872. The van der Waals surface area contributed by atoms with Gasteiger partial charge in [-0.25, -0.2) is 0 Å². The summed E-state index contributed by atoms with van der Waals surface area (Å²) in [6.07, 6.45) is 3.54. The van der Waals surface area contributed by atoms with Gasteiger partial charge in [-0.05, 0) is 24.3 Å². The Hall–Kier alpha value is -1.97. The largest absolute Gasteiger partial charge is 0.497 e. The molecule has 4 heteroatoms. The van der Waals surface area contributed by atoms with Gasteiger partial charge < -0.3 is 14.2 Å². The Morgan fingerprint density at radius 1 is 1.25 bits per heavy atom. The third kappa shape index (κ3) is 3.31. The van der Waals surface area contributed by atoms with E-state index in [9.17, 15) is 4.79 Å². The van der Waals surface area contributed by atoms with E-state index in [0.717, 1.165) is 17.1 Å². The zero-order chi connectivity index (χ0) is 11.8. The Labute approximate surface area is 94.4 Å². The molecule has 16 heavy (non-hydrogen) atoms. The molecule has 4 nitrogen and oxygen atoms in total. The van der Waals surface area contributed by atoms with Crippen LogP contribution in [0.4, 0.5) is 0 Å². The van der Waals surface area contributed by atoms with Crippen LogP contribution in [0.25, 0.3) is 6.08 Å². The second-order valence-electron chi connectivity index (χ2n) is 2.94. The highest BCUT2D eigenvalue weighted by Crippen LogP contribution is 2.24. The molecule has 0 saturated carbocycles. The van der Waals surface area contributed by atoms with E-state index in [-0.39, 0.29) is 6.61 Å². The van der Waals surface area contributed by atoms with Gasteiger partial charge in [-0.3, -0.25) is 4.79 Å². The Morgan fingerprint density at radius 2 is 2.06 bits per heavy atom. The zero-order valence-corrected chi connectivity index (χ0v) is 9.30. The molecule has 0 amide bonds. The summed E-state index contributed by atoms with van der Waals surface area (Å²) in [5.74, 6) is 1.49. The van der Waals surface area contributed by atoms with Gasteiger partial charge >= 0.3 is 0 Å². The number of carbonyl (C=O) groups is 1. The van der Waals surface area contributed by atoms with Gasteiger partial charge in [0.1, 0.15) is 18.1 Å². The Bertz CT molecular complexity index is 371. The van der Waals surface area contributed by atoms with Gasteiger partial charge in [0, 0.05) is 5.56 Å². The van der Waals surface area contributed by atoms with Crippen molar-refractivity contribution < 1.29 is 19.0 Å². The van der Waals surface area contributed by atoms with Crippen molar-refractivity contribution in [3.05, 3.63) is 29.8 Å². The Morgan fingerprint density at radius 3 is 2.69 bits per heavy atom. The average Bonchev–Trinajstić information content (AvgIpc) is 2.34. The van der Waals surface area contributed by atoms with Gasteiger partial charge in [0.15, 0.2) is 0 Å². The highest BCUT2D eigenvalue weighted by molar-refractivity contribution is 5.59. The number of hydrogen-bond donors (Lipinski definition) is 0. The van der Waals surface area contributed by atoms with Crippen LogP contribution >= 0.6 is 0 Å². The van der Waals surface area contributed by atoms with Crippen LogP contribution in [0.1, 0.15) is 5.56 Å². The molecule has 0 aliphatic carbocycles. The summed E-state index contributed by atoms with van der Waals surface area (Å²) in [6.45, 7) is 0.650. The summed E-state index contributed by atoms with van der Waals surface area (Å²) in [6, 6.07) is 5.48. The lowest BCUT2D eigenvalue weighted by Crippen LogP contribution is -1.90. The normalized spacial score (nSPS) is 10.1. The second kappa shape index (κ2) is 6.50. The van der Waals surface area contributed by atoms with Crippen molar-refractivity contribution in [3.63, 3.8) is 0 Å². The first-order valence-corrected chi connectivity index (χ1v) is 4.75. The van der Waals surface area contributed by atoms with Crippen molar-refractivity contribution >= 4 is 12.5 Å². The van der Waals surface area contributed by atoms with Gasteiger partial charge in [-0.1, -0.05) is 6.08 Å². The Kier molecular flexibility index (Phi) is 4.92. The van der Waals surface area contributed by atoms with Crippen molar-refractivity contribution in [1.82, 2.24) is 0 Å². The van der Waals surface area contributed by atoms with Crippen molar-refractivity contribution in [3.8, 4) is 11.5 Å². The van der Waals surface area contributed by atoms with Crippen molar-refractivity contribution in [2.45, 2.75) is 0 Å². The van der Waals surface area contributed by atoms with Crippen LogP contribution in [0, 0.1) is 0 Å². The third-order valence-electron chi connectivity index (χ3n) is 1.99. The summed E-state index contributed by atoms with van der Waals surface area (Å²) >= 11 is 0. The summed E-state index contributed by atoms with van der Waals surface area (Å²) in [4.78, 5) is 9.94. The third-order valence-corrected chi connectivity index (χ3v) is 1.99. The van der Waals surface area contributed by atoms with Crippen molar-refractivity contribution in [2.24, 2.45) is 0 Å². The molecule has 0 spiro atoms. The Balaban J connectivity index is 2.82. The maximum atomic E-state index is 9.94. The lowest BCUT2D eigenvalue weighted by Gasteiger charge is -2.06. The lowest BCUT2D eigenvalue weighted by atomic mass is 10.1. The molecule has 1 rings (SSSR count). The van der Waals surface area contributed by atoms with Gasteiger partial charge in [-0.2, -0.15) is 0 Å². The maximum Gasteiger partial charge on any atom is 0.293 e. The van der Waals surface area contributed by atoms with Gasteiger partial charge in [0.2, 0.25) is 0 Å². The predicted octanol–water partition coefficient (Wildman–Crippen LogP) is 1.89. The van der Waals surface area contributed by atoms with E-state index >= 15 is 0 Å². The second-order valence-corrected chi connectivity index (χ2v) is 2.94. The van der Waals surface area contributed by atoms with Crippen LogP contribution in [0.15, 0.2) is 24.3 Å². The molecule has 1 aromatic carbocycles. The number of hydrogen-bond acceptors (Lipinski definition) is 4. The molecule has 86 valence electrons. The van der Waals surface area contributed by atoms with E-state index in [0.29, 0.717) is 6.47 Å². The first kappa shape index (κ1) is 12.1. The lowest BCUT2D eigenvalue weighted by molar-refractivity contribution is -0.127. The fraction of sp³-hybridized carbons (Fsp3) is 0.250. The van der Waals surface area contributed by atoms with Crippen LogP contribution in [-0.2, 0) is 9.53 Å². The zero-order valence-electron chi connectivity index (χ0n) is 9.30. The summed E-state index contributed by atoms with van der Waals surface area (Å²) in [5, 5.41) is 0. The molecule has 0 aliphatic heterocycles. The summed E-state index contributed by atoms with van der Waals surface area (Å²) < 4.78 is 14.8. The number of carbonyl (C=O) groups excluding carboxylic acids is 1. The number of rotatable bonds is 6. The molecule has 0 unspecified atom stereocenters. The highest BCUT2D eigenvalue weighted by atomic mass is 16.5. The van der Waals surface area contributed by atoms with Gasteiger partial charge in [0.05, 0.1) is 14.2 Å². The smallest absolute Gasteiger partial charge is 0.293 e. The molecule has 0 bridgehead atoms. The summed E-state index contributed by atoms with van der Waals surface area (Å²) in [7, 11) is 3.20. The quantitative estimate of drug-likeness (QED) is 0.544. The minimum absolute atomic E-state index is 0.240. The number of benzene rings is 1. The fourth-order valence-corrected chi connectivity index (χ4v) is 1.24. The first-order valence-electron chi connectivity index (χ1n) is 4.75. The topological polar surface area (TPSA) is 44.8 Å². The molecule has 0 aromatic heterocycles. The molecule has 0 heterocycles. The molecule has 0 atom stereocenters. The van der Waals surface area contributed by atoms with Crippen LogP contribution in [-0.4, -0.2) is 27.3 Å². The minimum atomic E-state index is 0.240. The number of methoxy groups -OCH3 is 2. The first-order chi connectivity index (χ1) is 7.81. The SMILES string of the molecule is COc1ccc(OC)c(/C=C/COC=O)c1. The maximum absolute atomic E-state index is 9.94. The van der Waals surface area contributed by atoms with E-state index < -0.39 is 0 Å². The number of ether oxygens (including phenoxy) is 3. The molecule has 0 saturated heterocycles. The standard InChI is InChI=1S/C12H14O4/c1-14-11-5-6-12(15-2)10(8-11)4-3-7-16-9-13/h3-6,8-9H,7H2,1-2H3/b4-3+. The van der Waals surface area contributed by atoms with Crippen molar-refractivity contribution in [1.29, 1.82) is 0 Å². The van der Waals surface area contributed by atoms with Crippen LogP contribution in [0.5, 0.6) is 11.5 Å². The van der Waals surface area contributed by atoms with Crippen LogP contribution < -0.4 is 9.47 Å². The molecular formula is C12H14O4. The predicted molar refractivity (Wildman–Crippen MR) is 60.6 cm³/mol. The monoisotopic (exact) mass is 222 g/mol. The van der Waals surface area contributed by atoms with Gasteiger partial charge in [-0.15, -0.1) is 0 Å².